The fraction of sp³-hybridized carbons (Fsp3) is 0.118. The molecule has 0 amide bonds. The van der Waals surface area contributed by atoms with Gasteiger partial charge in [0.2, 0.25) is 0 Å². The van der Waals surface area contributed by atoms with Crippen LogP contribution in [0.2, 0.25) is 0 Å². The van der Waals surface area contributed by atoms with Crippen LogP contribution in [-0.2, 0) is 6.42 Å². The number of phenols is 1. The van der Waals surface area contributed by atoms with E-state index in [0.717, 1.165) is 11.6 Å². The molecule has 0 saturated heterocycles. The Hall–Kier alpha value is -2.62. The van der Waals surface area contributed by atoms with E-state index >= 15 is 0 Å². The molecule has 2 aromatic carbocycles. The molecule has 0 spiro atoms. The Morgan fingerprint density at radius 3 is 2.62 bits per heavy atom. The van der Waals surface area contributed by atoms with E-state index in [1.807, 2.05) is 30.3 Å². The number of aromatic hydroxyl groups is 1. The molecule has 1 aromatic heterocycles. The minimum absolute atomic E-state index is 0.0619. The minimum atomic E-state index is -0.597. The summed E-state index contributed by atoms with van der Waals surface area (Å²) in [6.07, 6.45) is 0.380. The summed E-state index contributed by atoms with van der Waals surface area (Å²) in [6, 6.07) is 11.7. The standard InChI is InChI=1S/C17H13FO3/c1-10-13(7-11-5-3-2-4-6-11)17(20)21-15-9-12(19)8-14(18)16(10)15/h2-6,8-9,19H,7H2,1H3. The van der Waals surface area contributed by atoms with Crippen LogP contribution in [0.3, 0.4) is 0 Å². The van der Waals surface area contributed by atoms with Crippen molar-refractivity contribution in [2.45, 2.75) is 13.3 Å². The number of benzene rings is 2. The fourth-order valence-electron chi connectivity index (χ4n) is 2.48. The van der Waals surface area contributed by atoms with Crippen LogP contribution in [0.4, 0.5) is 4.39 Å². The Morgan fingerprint density at radius 2 is 1.90 bits per heavy atom. The summed E-state index contributed by atoms with van der Waals surface area (Å²) in [5.41, 5.74) is 1.48. The summed E-state index contributed by atoms with van der Waals surface area (Å²) in [6.45, 7) is 1.69. The lowest BCUT2D eigenvalue weighted by Gasteiger charge is -2.09. The van der Waals surface area contributed by atoms with Crippen molar-refractivity contribution in [3.8, 4) is 5.75 Å². The van der Waals surface area contributed by atoms with E-state index in [2.05, 4.69) is 0 Å². The number of halogens is 1. The molecule has 1 N–H and O–H groups in total. The minimum Gasteiger partial charge on any atom is -0.508 e. The molecule has 0 aliphatic heterocycles. The zero-order chi connectivity index (χ0) is 15.0. The lowest BCUT2D eigenvalue weighted by molar-refractivity contribution is 0.466. The monoisotopic (exact) mass is 284 g/mol. The van der Waals surface area contributed by atoms with Crippen LogP contribution in [0.25, 0.3) is 11.0 Å². The second kappa shape index (κ2) is 5.05. The average Bonchev–Trinajstić information content (AvgIpc) is 2.43. The molecule has 0 aliphatic rings. The highest BCUT2D eigenvalue weighted by atomic mass is 19.1. The SMILES string of the molecule is Cc1c(Cc2ccccc2)c(=O)oc2cc(O)cc(F)c12. The fourth-order valence-corrected chi connectivity index (χ4v) is 2.48. The van der Waals surface area contributed by atoms with E-state index in [-0.39, 0.29) is 16.7 Å². The van der Waals surface area contributed by atoms with Gasteiger partial charge in [0.25, 0.3) is 0 Å². The third-order valence-corrected chi connectivity index (χ3v) is 3.54. The van der Waals surface area contributed by atoms with E-state index in [1.165, 1.54) is 6.07 Å². The van der Waals surface area contributed by atoms with Gasteiger partial charge in [-0.25, -0.2) is 9.18 Å². The summed E-state index contributed by atoms with van der Waals surface area (Å²) >= 11 is 0. The maximum absolute atomic E-state index is 14.0. The second-order valence-electron chi connectivity index (χ2n) is 4.96. The molecule has 0 aliphatic carbocycles. The lowest BCUT2D eigenvalue weighted by atomic mass is 9.99. The molecule has 106 valence electrons. The average molecular weight is 284 g/mol. The van der Waals surface area contributed by atoms with Gasteiger partial charge in [0.15, 0.2) is 0 Å². The van der Waals surface area contributed by atoms with Gasteiger partial charge in [0.1, 0.15) is 17.1 Å². The summed E-state index contributed by atoms with van der Waals surface area (Å²) in [4.78, 5) is 12.1. The van der Waals surface area contributed by atoms with Crippen LogP contribution < -0.4 is 5.63 Å². The van der Waals surface area contributed by atoms with Crippen LogP contribution in [0, 0.1) is 12.7 Å². The number of hydrogen-bond donors (Lipinski definition) is 1. The maximum Gasteiger partial charge on any atom is 0.340 e. The Balaban J connectivity index is 2.22. The van der Waals surface area contributed by atoms with Gasteiger partial charge in [0.05, 0.1) is 5.39 Å². The highest BCUT2D eigenvalue weighted by molar-refractivity contribution is 5.83. The van der Waals surface area contributed by atoms with E-state index in [9.17, 15) is 14.3 Å². The van der Waals surface area contributed by atoms with Crippen LogP contribution in [0.15, 0.2) is 51.7 Å². The number of aryl methyl sites for hydroxylation is 1. The number of hydrogen-bond acceptors (Lipinski definition) is 3. The lowest BCUT2D eigenvalue weighted by Crippen LogP contribution is -2.11. The predicted molar refractivity (Wildman–Crippen MR) is 78.1 cm³/mol. The summed E-state index contributed by atoms with van der Waals surface area (Å²) < 4.78 is 19.2. The van der Waals surface area contributed by atoms with E-state index in [4.69, 9.17) is 4.42 Å². The van der Waals surface area contributed by atoms with Crippen molar-refractivity contribution in [1.82, 2.24) is 0 Å². The molecular weight excluding hydrogens is 271 g/mol. The smallest absolute Gasteiger partial charge is 0.340 e. The molecule has 3 rings (SSSR count). The highest BCUT2D eigenvalue weighted by Crippen LogP contribution is 2.27. The van der Waals surface area contributed by atoms with Crippen molar-refractivity contribution >= 4 is 11.0 Å². The number of phenolic OH excluding ortho intramolecular Hbond substituents is 1. The summed E-state index contributed by atoms with van der Waals surface area (Å²) in [7, 11) is 0. The number of rotatable bonds is 2. The van der Waals surface area contributed by atoms with Crippen molar-refractivity contribution in [3.05, 3.63) is 75.4 Å². The Bertz CT molecular complexity index is 867. The molecule has 0 fully saturated rings. The van der Waals surface area contributed by atoms with Crippen LogP contribution in [-0.4, -0.2) is 5.11 Å². The van der Waals surface area contributed by atoms with Crippen molar-refractivity contribution in [1.29, 1.82) is 0 Å². The topological polar surface area (TPSA) is 50.4 Å². The first-order valence-electron chi connectivity index (χ1n) is 6.55. The predicted octanol–water partition coefficient (Wildman–Crippen LogP) is 3.54. The van der Waals surface area contributed by atoms with Crippen molar-refractivity contribution in [2.24, 2.45) is 0 Å². The molecule has 0 bridgehead atoms. The molecule has 0 atom stereocenters. The maximum atomic E-state index is 14.0. The first-order chi connectivity index (χ1) is 10.1. The molecule has 0 unspecified atom stereocenters. The second-order valence-corrected chi connectivity index (χ2v) is 4.96. The molecular formula is C17H13FO3. The Kier molecular flexibility index (Phi) is 3.22. The first-order valence-corrected chi connectivity index (χ1v) is 6.55. The zero-order valence-electron chi connectivity index (χ0n) is 11.4. The normalized spacial score (nSPS) is 11.0. The van der Waals surface area contributed by atoms with Crippen molar-refractivity contribution < 1.29 is 13.9 Å². The highest BCUT2D eigenvalue weighted by Gasteiger charge is 2.15. The van der Waals surface area contributed by atoms with Gasteiger partial charge in [-0.1, -0.05) is 30.3 Å². The van der Waals surface area contributed by atoms with Gasteiger partial charge in [-0.05, 0) is 18.1 Å². The summed E-state index contributed by atoms with van der Waals surface area (Å²) in [5.74, 6) is -0.862. The van der Waals surface area contributed by atoms with Gasteiger partial charge < -0.3 is 9.52 Å². The van der Waals surface area contributed by atoms with Crippen molar-refractivity contribution in [3.63, 3.8) is 0 Å². The molecule has 0 saturated carbocycles. The quantitative estimate of drug-likeness (QED) is 0.732. The molecule has 4 heteroatoms. The molecule has 1 heterocycles. The van der Waals surface area contributed by atoms with Gasteiger partial charge in [-0.15, -0.1) is 0 Å². The largest absolute Gasteiger partial charge is 0.508 e. The first kappa shape index (κ1) is 13.4. The zero-order valence-corrected chi connectivity index (χ0v) is 11.4. The van der Waals surface area contributed by atoms with Crippen LogP contribution >= 0.6 is 0 Å². The van der Waals surface area contributed by atoms with E-state index in [1.54, 1.807) is 6.92 Å². The van der Waals surface area contributed by atoms with E-state index < -0.39 is 11.4 Å². The molecule has 0 radical (unpaired) electrons. The van der Waals surface area contributed by atoms with Crippen LogP contribution in [0.5, 0.6) is 5.75 Å². The molecule has 3 nitrogen and oxygen atoms in total. The Labute approximate surface area is 120 Å². The third kappa shape index (κ3) is 2.40. The summed E-state index contributed by atoms with van der Waals surface area (Å²) in [5, 5.41) is 9.63. The van der Waals surface area contributed by atoms with Crippen LogP contribution in [0.1, 0.15) is 16.7 Å². The van der Waals surface area contributed by atoms with Crippen molar-refractivity contribution in [2.75, 3.05) is 0 Å². The van der Waals surface area contributed by atoms with Gasteiger partial charge >= 0.3 is 5.63 Å². The van der Waals surface area contributed by atoms with E-state index in [0.29, 0.717) is 17.5 Å². The van der Waals surface area contributed by atoms with Gasteiger partial charge in [0, 0.05) is 24.1 Å². The third-order valence-electron chi connectivity index (χ3n) is 3.54. The van der Waals surface area contributed by atoms with Gasteiger partial charge in [-0.3, -0.25) is 0 Å². The number of fused-ring (bicyclic) bond motifs is 1. The Morgan fingerprint density at radius 1 is 1.19 bits per heavy atom. The van der Waals surface area contributed by atoms with Gasteiger partial charge in [-0.2, -0.15) is 0 Å². The molecule has 3 aromatic rings. The molecule has 21 heavy (non-hydrogen) atoms.